The maximum atomic E-state index is 13.0. The lowest BCUT2D eigenvalue weighted by Crippen LogP contribution is -2.18. The van der Waals surface area contributed by atoms with Crippen molar-refractivity contribution in [2.24, 2.45) is 0 Å². The molecule has 19 heavy (non-hydrogen) atoms. The topological polar surface area (TPSA) is 29.3 Å². The maximum Gasteiger partial charge on any atom is 0.124 e. The van der Waals surface area contributed by atoms with E-state index in [1.165, 1.54) is 12.1 Å². The first-order valence-corrected chi connectivity index (χ1v) is 6.84. The Morgan fingerprint density at radius 2 is 2.00 bits per heavy atom. The summed E-state index contributed by atoms with van der Waals surface area (Å²) in [6.07, 6.45) is 0. The zero-order valence-electron chi connectivity index (χ0n) is 10.3. The molecule has 0 amide bonds. The van der Waals surface area contributed by atoms with E-state index in [-0.39, 0.29) is 5.82 Å². The van der Waals surface area contributed by atoms with Gasteiger partial charge in [0.25, 0.3) is 0 Å². The van der Waals surface area contributed by atoms with Gasteiger partial charge in [-0.1, -0.05) is 33.6 Å². The predicted molar refractivity (Wildman–Crippen MR) is 82.1 cm³/mol. The van der Waals surface area contributed by atoms with E-state index in [0.717, 1.165) is 15.7 Å². The first-order valence-electron chi connectivity index (χ1n) is 5.67. The third-order valence-electron chi connectivity index (χ3n) is 2.82. The second kappa shape index (κ2) is 5.80. The third kappa shape index (κ3) is 3.39. The van der Waals surface area contributed by atoms with Gasteiger partial charge < -0.3 is 10.6 Å². The van der Waals surface area contributed by atoms with E-state index in [2.05, 4.69) is 15.9 Å². The molecule has 5 heteroatoms. The van der Waals surface area contributed by atoms with Crippen molar-refractivity contribution in [2.45, 2.75) is 6.54 Å². The van der Waals surface area contributed by atoms with Crippen LogP contribution in [0.3, 0.4) is 0 Å². The van der Waals surface area contributed by atoms with Crippen molar-refractivity contribution in [3.8, 4) is 0 Å². The van der Waals surface area contributed by atoms with Crippen LogP contribution in [0.15, 0.2) is 40.9 Å². The molecule has 2 N–H and O–H groups in total. The average molecular weight is 344 g/mol. The van der Waals surface area contributed by atoms with Crippen molar-refractivity contribution in [1.82, 2.24) is 0 Å². The Hall–Kier alpha value is -1.26. The number of nitrogens with two attached hydrogens (primary N) is 1. The van der Waals surface area contributed by atoms with Crippen molar-refractivity contribution in [1.29, 1.82) is 0 Å². The van der Waals surface area contributed by atoms with Gasteiger partial charge in [0.1, 0.15) is 5.82 Å². The predicted octanol–water partition coefficient (Wildman–Crippen LogP) is 4.46. The zero-order chi connectivity index (χ0) is 14.0. The Morgan fingerprint density at radius 1 is 1.26 bits per heavy atom. The van der Waals surface area contributed by atoms with Crippen LogP contribution in [0.1, 0.15) is 5.56 Å². The van der Waals surface area contributed by atoms with Crippen LogP contribution in [-0.4, -0.2) is 7.05 Å². The van der Waals surface area contributed by atoms with E-state index in [9.17, 15) is 4.39 Å². The van der Waals surface area contributed by atoms with Crippen LogP contribution in [0, 0.1) is 5.82 Å². The Labute approximate surface area is 125 Å². The van der Waals surface area contributed by atoms with Gasteiger partial charge in [-0.2, -0.15) is 0 Å². The van der Waals surface area contributed by atoms with Crippen LogP contribution < -0.4 is 10.6 Å². The van der Waals surface area contributed by atoms with Gasteiger partial charge in [-0.25, -0.2) is 4.39 Å². The summed E-state index contributed by atoms with van der Waals surface area (Å²) in [4.78, 5) is 1.97. The second-order valence-corrected chi connectivity index (χ2v) is 5.62. The minimum Gasteiger partial charge on any atom is -0.397 e. The van der Waals surface area contributed by atoms with E-state index in [0.29, 0.717) is 17.3 Å². The van der Waals surface area contributed by atoms with Crippen LogP contribution in [0.25, 0.3) is 0 Å². The van der Waals surface area contributed by atoms with E-state index in [4.69, 9.17) is 17.3 Å². The average Bonchev–Trinajstić information content (AvgIpc) is 2.32. The highest BCUT2D eigenvalue weighted by atomic mass is 79.9. The van der Waals surface area contributed by atoms with Gasteiger partial charge in [0.2, 0.25) is 0 Å². The molecule has 0 fully saturated rings. The Bertz CT molecular complexity index is 604. The standard InChI is InChI=1S/C14H13BrClFN2/c1-19(14-5-3-10(15)6-13(14)18)8-9-2-4-11(17)7-12(9)16/h2-7H,8,18H2,1H3. The molecule has 100 valence electrons. The maximum absolute atomic E-state index is 13.0. The molecular formula is C14H13BrClFN2. The van der Waals surface area contributed by atoms with Crippen LogP contribution >= 0.6 is 27.5 Å². The first kappa shape index (κ1) is 14.2. The van der Waals surface area contributed by atoms with Gasteiger partial charge in [-0.3, -0.25) is 0 Å². The fraction of sp³-hybridized carbons (Fsp3) is 0.143. The van der Waals surface area contributed by atoms with Gasteiger partial charge in [0.15, 0.2) is 0 Å². The van der Waals surface area contributed by atoms with Gasteiger partial charge >= 0.3 is 0 Å². The molecule has 0 aliphatic heterocycles. The van der Waals surface area contributed by atoms with Gasteiger partial charge in [-0.15, -0.1) is 0 Å². The van der Waals surface area contributed by atoms with Crippen molar-refractivity contribution in [3.63, 3.8) is 0 Å². The minimum atomic E-state index is -0.334. The number of halogens is 3. The van der Waals surface area contributed by atoms with Crippen molar-refractivity contribution in [2.75, 3.05) is 17.7 Å². The van der Waals surface area contributed by atoms with Crippen molar-refractivity contribution in [3.05, 3.63) is 57.3 Å². The smallest absolute Gasteiger partial charge is 0.124 e. The number of hydrogen-bond donors (Lipinski definition) is 1. The van der Waals surface area contributed by atoms with E-state index >= 15 is 0 Å². The molecule has 0 radical (unpaired) electrons. The van der Waals surface area contributed by atoms with Gasteiger partial charge in [-0.05, 0) is 35.9 Å². The molecule has 0 unspecified atom stereocenters. The molecule has 0 aliphatic carbocycles. The molecule has 0 atom stereocenters. The normalized spacial score (nSPS) is 10.5. The molecule has 0 spiro atoms. The summed E-state index contributed by atoms with van der Waals surface area (Å²) in [6, 6.07) is 10.1. The fourth-order valence-corrected chi connectivity index (χ4v) is 2.47. The van der Waals surface area contributed by atoms with Crippen LogP contribution in [0.4, 0.5) is 15.8 Å². The SMILES string of the molecule is CN(Cc1ccc(F)cc1Cl)c1ccc(Br)cc1N. The molecule has 0 bridgehead atoms. The molecule has 0 aliphatic rings. The van der Waals surface area contributed by atoms with Gasteiger partial charge in [0.05, 0.1) is 11.4 Å². The largest absolute Gasteiger partial charge is 0.397 e. The van der Waals surface area contributed by atoms with E-state index in [1.54, 1.807) is 6.07 Å². The number of nitrogens with zero attached hydrogens (tertiary/aromatic N) is 1. The summed E-state index contributed by atoms with van der Waals surface area (Å²) in [6.45, 7) is 0.560. The molecule has 2 aromatic rings. The molecule has 0 heterocycles. The lowest BCUT2D eigenvalue weighted by molar-refractivity contribution is 0.627. The molecule has 0 saturated heterocycles. The monoisotopic (exact) mass is 342 g/mol. The van der Waals surface area contributed by atoms with E-state index < -0.39 is 0 Å². The van der Waals surface area contributed by atoms with Crippen LogP contribution in [-0.2, 0) is 6.54 Å². The number of anilines is 2. The molecule has 2 aromatic carbocycles. The number of hydrogen-bond acceptors (Lipinski definition) is 2. The highest BCUT2D eigenvalue weighted by Crippen LogP contribution is 2.28. The van der Waals surface area contributed by atoms with E-state index in [1.807, 2.05) is 30.1 Å². The summed E-state index contributed by atoms with van der Waals surface area (Å²) in [5.41, 5.74) is 8.41. The quantitative estimate of drug-likeness (QED) is 0.834. The molecule has 0 aromatic heterocycles. The minimum absolute atomic E-state index is 0.334. The number of rotatable bonds is 3. The Balaban J connectivity index is 2.23. The van der Waals surface area contributed by atoms with Crippen molar-refractivity contribution < 1.29 is 4.39 Å². The molecule has 2 nitrogen and oxygen atoms in total. The number of benzene rings is 2. The third-order valence-corrected chi connectivity index (χ3v) is 3.67. The fourth-order valence-electron chi connectivity index (χ4n) is 1.86. The highest BCUT2D eigenvalue weighted by molar-refractivity contribution is 9.10. The zero-order valence-corrected chi connectivity index (χ0v) is 12.7. The van der Waals surface area contributed by atoms with Crippen LogP contribution in [0.5, 0.6) is 0 Å². The Morgan fingerprint density at radius 3 is 2.63 bits per heavy atom. The summed E-state index contributed by atoms with van der Waals surface area (Å²) in [5, 5.41) is 0.419. The summed E-state index contributed by atoms with van der Waals surface area (Å²) >= 11 is 9.39. The summed E-state index contributed by atoms with van der Waals surface area (Å²) in [7, 11) is 1.92. The van der Waals surface area contributed by atoms with Gasteiger partial charge in [0, 0.05) is 23.1 Å². The number of nitrogen functional groups attached to an aromatic ring is 1. The summed E-state index contributed by atoms with van der Waals surface area (Å²) < 4.78 is 13.9. The lowest BCUT2D eigenvalue weighted by Gasteiger charge is -2.22. The lowest BCUT2D eigenvalue weighted by atomic mass is 10.2. The second-order valence-electron chi connectivity index (χ2n) is 4.29. The molecule has 2 rings (SSSR count). The molecule has 0 saturated carbocycles. The Kier molecular flexibility index (Phi) is 4.32. The van der Waals surface area contributed by atoms with Crippen LogP contribution in [0.2, 0.25) is 5.02 Å². The first-order chi connectivity index (χ1) is 8.97. The highest BCUT2D eigenvalue weighted by Gasteiger charge is 2.09. The molecular weight excluding hydrogens is 331 g/mol. The summed E-state index contributed by atoms with van der Waals surface area (Å²) in [5.74, 6) is -0.334. The van der Waals surface area contributed by atoms with Crippen molar-refractivity contribution >= 4 is 38.9 Å².